The van der Waals surface area contributed by atoms with Gasteiger partial charge in [-0.2, -0.15) is 0 Å². The summed E-state index contributed by atoms with van der Waals surface area (Å²) in [6, 6.07) is 7.08. The first-order chi connectivity index (χ1) is 12.1. The van der Waals surface area contributed by atoms with Gasteiger partial charge in [0, 0.05) is 32.7 Å². The highest BCUT2D eigenvalue weighted by atomic mass is 32.2. The standard InChI is InChI=1S/C17H23N5O2S/c1-3-22-16(13-6-4-5-7-14(13)23)18-19-17(22)25-12-15(24)21-10-8-20(2)9-11-21/h4-7,23H,3,8-12H2,1-2H3. The SMILES string of the molecule is CCn1c(SCC(=O)N2CCN(C)CC2)nnc1-c1ccccc1O. The number of hydrogen-bond donors (Lipinski definition) is 1. The van der Waals surface area contributed by atoms with Gasteiger partial charge in [0.05, 0.1) is 11.3 Å². The number of nitrogens with zero attached hydrogens (tertiary/aromatic N) is 5. The van der Waals surface area contributed by atoms with Crippen molar-refractivity contribution in [2.75, 3.05) is 39.0 Å². The van der Waals surface area contributed by atoms with Crippen LogP contribution < -0.4 is 0 Å². The number of thioether (sulfide) groups is 1. The Kier molecular flexibility index (Phi) is 5.60. The van der Waals surface area contributed by atoms with Crippen LogP contribution in [0.5, 0.6) is 5.75 Å². The summed E-state index contributed by atoms with van der Waals surface area (Å²) in [5.74, 6) is 1.28. The second-order valence-corrected chi connectivity index (χ2v) is 6.98. The fraction of sp³-hybridized carbons (Fsp3) is 0.471. The van der Waals surface area contributed by atoms with Gasteiger partial charge in [-0.15, -0.1) is 10.2 Å². The molecule has 1 N–H and O–H groups in total. The zero-order chi connectivity index (χ0) is 17.8. The van der Waals surface area contributed by atoms with Crippen LogP contribution in [0.1, 0.15) is 6.92 Å². The maximum Gasteiger partial charge on any atom is 0.233 e. The Morgan fingerprint density at radius 2 is 1.92 bits per heavy atom. The first-order valence-electron chi connectivity index (χ1n) is 8.40. The number of para-hydroxylation sites is 1. The fourth-order valence-electron chi connectivity index (χ4n) is 2.82. The van der Waals surface area contributed by atoms with E-state index < -0.39 is 0 Å². The molecule has 0 unspecified atom stereocenters. The van der Waals surface area contributed by atoms with Gasteiger partial charge in [0.25, 0.3) is 0 Å². The van der Waals surface area contributed by atoms with Gasteiger partial charge in [-0.25, -0.2) is 0 Å². The van der Waals surface area contributed by atoms with Crippen LogP contribution in [0.2, 0.25) is 0 Å². The average molecular weight is 361 g/mol. The first-order valence-corrected chi connectivity index (χ1v) is 9.39. The van der Waals surface area contributed by atoms with Gasteiger partial charge in [0.1, 0.15) is 5.75 Å². The van der Waals surface area contributed by atoms with Gasteiger partial charge in [0.2, 0.25) is 5.91 Å². The van der Waals surface area contributed by atoms with Gasteiger partial charge >= 0.3 is 0 Å². The van der Waals surface area contributed by atoms with E-state index in [4.69, 9.17) is 0 Å². The summed E-state index contributed by atoms with van der Waals surface area (Å²) in [4.78, 5) is 16.5. The molecule has 2 heterocycles. The topological polar surface area (TPSA) is 74.5 Å². The largest absolute Gasteiger partial charge is 0.507 e. The third-order valence-electron chi connectivity index (χ3n) is 4.36. The molecule has 0 bridgehead atoms. The Balaban J connectivity index is 1.69. The van der Waals surface area contributed by atoms with Crippen molar-refractivity contribution in [2.45, 2.75) is 18.6 Å². The van der Waals surface area contributed by atoms with E-state index in [-0.39, 0.29) is 11.7 Å². The summed E-state index contributed by atoms with van der Waals surface area (Å²) in [5, 5.41) is 19.2. The van der Waals surface area contributed by atoms with Crippen molar-refractivity contribution in [1.82, 2.24) is 24.6 Å². The highest BCUT2D eigenvalue weighted by Gasteiger charge is 2.21. The molecule has 1 fully saturated rings. The summed E-state index contributed by atoms with van der Waals surface area (Å²) in [7, 11) is 2.07. The number of aromatic hydroxyl groups is 1. The number of aromatic nitrogens is 3. The van der Waals surface area contributed by atoms with Crippen LogP contribution in [0, 0.1) is 0 Å². The van der Waals surface area contributed by atoms with Crippen molar-refractivity contribution in [3.63, 3.8) is 0 Å². The van der Waals surface area contributed by atoms with Crippen LogP contribution in [0.15, 0.2) is 29.4 Å². The van der Waals surface area contributed by atoms with Gasteiger partial charge in [-0.05, 0) is 26.1 Å². The molecule has 7 nitrogen and oxygen atoms in total. The van der Waals surface area contributed by atoms with Crippen molar-refractivity contribution < 1.29 is 9.90 Å². The normalized spacial score (nSPS) is 15.5. The van der Waals surface area contributed by atoms with E-state index in [1.165, 1.54) is 11.8 Å². The highest BCUT2D eigenvalue weighted by Crippen LogP contribution is 2.30. The Hall–Kier alpha value is -2.06. The summed E-state index contributed by atoms with van der Waals surface area (Å²) in [6.07, 6.45) is 0. The number of rotatable bonds is 5. The van der Waals surface area contributed by atoms with E-state index in [1.807, 2.05) is 28.5 Å². The van der Waals surface area contributed by atoms with Crippen molar-refractivity contribution in [3.8, 4) is 17.1 Å². The molecule has 0 aliphatic carbocycles. The van der Waals surface area contributed by atoms with Gasteiger partial charge in [-0.3, -0.25) is 4.79 Å². The van der Waals surface area contributed by atoms with E-state index in [2.05, 4.69) is 22.1 Å². The molecule has 2 aromatic rings. The van der Waals surface area contributed by atoms with Crippen LogP contribution in [-0.4, -0.2) is 74.6 Å². The Bertz CT molecular complexity index is 740. The minimum atomic E-state index is 0.132. The van der Waals surface area contributed by atoms with Gasteiger partial charge < -0.3 is 19.5 Å². The van der Waals surface area contributed by atoms with Crippen LogP contribution in [0.25, 0.3) is 11.4 Å². The number of phenolic OH excluding ortho intramolecular Hbond substituents is 1. The number of piperazine rings is 1. The third kappa shape index (κ3) is 3.96. The monoisotopic (exact) mass is 361 g/mol. The number of carbonyl (C=O) groups excluding carboxylic acids is 1. The summed E-state index contributed by atoms with van der Waals surface area (Å²) in [5.41, 5.74) is 0.647. The molecule has 1 aromatic heterocycles. The first kappa shape index (κ1) is 17.8. The molecule has 3 rings (SSSR count). The van der Waals surface area contributed by atoms with Gasteiger partial charge in [-0.1, -0.05) is 23.9 Å². The molecule has 8 heteroatoms. The summed E-state index contributed by atoms with van der Waals surface area (Å²) >= 11 is 1.40. The van der Waals surface area contributed by atoms with E-state index in [0.29, 0.717) is 28.8 Å². The van der Waals surface area contributed by atoms with Crippen LogP contribution in [0.3, 0.4) is 0 Å². The average Bonchev–Trinajstić information content (AvgIpc) is 3.03. The molecule has 0 atom stereocenters. The van der Waals surface area contributed by atoms with Gasteiger partial charge in [0.15, 0.2) is 11.0 Å². The van der Waals surface area contributed by atoms with Crippen molar-refractivity contribution in [2.24, 2.45) is 0 Å². The van der Waals surface area contributed by atoms with Crippen molar-refractivity contribution in [1.29, 1.82) is 0 Å². The van der Waals surface area contributed by atoms with Crippen LogP contribution >= 0.6 is 11.8 Å². The van der Waals surface area contributed by atoms with Crippen LogP contribution in [-0.2, 0) is 11.3 Å². The maximum atomic E-state index is 12.4. The van der Waals surface area contributed by atoms with Crippen molar-refractivity contribution >= 4 is 17.7 Å². The zero-order valence-electron chi connectivity index (χ0n) is 14.6. The highest BCUT2D eigenvalue weighted by molar-refractivity contribution is 7.99. The fourth-order valence-corrected chi connectivity index (χ4v) is 3.72. The lowest BCUT2D eigenvalue weighted by molar-refractivity contribution is -0.129. The number of likely N-dealkylation sites (N-methyl/N-ethyl adjacent to an activating group) is 1. The Morgan fingerprint density at radius 3 is 2.60 bits per heavy atom. The zero-order valence-corrected chi connectivity index (χ0v) is 15.4. The number of carbonyl (C=O) groups is 1. The van der Waals surface area contributed by atoms with E-state index in [0.717, 1.165) is 26.2 Å². The molecule has 1 aromatic carbocycles. The molecular formula is C17H23N5O2S. The lowest BCUT2D eigenvalue weighted by atomic mass is 10.2. The molecule has 25 heavy (non-hydrogen) atoms. The lowest BCUT2D eigenvalue weighted by Crippen LogP contribution is -2.47. The second-order valence-electron chi connectivity index (χ2n) is 6.04. The predicted molar refractivity (Wildman–Crippen MR) is 97.6 cm³/mol. The minimum absolute atomic E-state index is 0.132. The molecular weight excluding hydrogens is 338 g/mol. The molecule has 1 saturated heterocycles. The smallest absolute Gasteiger partial charge is 0.233 e. The molecule has 1 amide bonds. The molecule has 0 spiro atoms. The van der Waals surface area contributed by atoms with E-state index in [9.17, 15) is 9.90 Å². The molecule has 1 aliphatic rings. The second kappa shape index (κ2) is 7.88. The van der Waals surface area contributed by atoms with Crippen molar-refractivity contribution in [3.05, 3.63) is 24.3 Å². The third-order valence-corrected chi connectivity index (χ3v) is 5.31. The number of phenols is 1. The maximum absolute atomic E-state index is 12.4. The number of benzene rings is 1. The molecule has 134 valence electrons. The molecule has 0 radical (unpaired) electrons. The Morgan fingerprint density at radius 1 is 1.20 bits per heavy atom. The van der Waals surface area contributed by atoms with Crippen LogP contribution in [0.4, 0.5) is 0 Å². The number of amides is 1. The van der Waals surface area contributed by atoms with E-state index in [1.54, 1.807) is 12.1 Å². The quantitative estimate of drug-likeness (QED) is 0.815. The predicted octanol–water partition coefficient (Wildman–Crippen LogP) is 1.54. The minimum Gasteiger partial charge on any atom is -0.507 e. The number of hydrogen-bond acceptors (Lipinski definition) is 6. The van der Waals surface area contributed by atoms with E-state index >= 15 is 0 Å². The molecule has 1 aliphatic heterocycles. The Labute approximate surface area is 151 Å². The summed E-state index contributed by atoms with van der Waals surface area (Å²) < 4.78 is 1.93. The molecule has 0 saturated carbocycles. The lowest BCUT2D eigenvalue weighted by Gasteiger charge is -2.32. The summed E-state index contributed by atoms with van der Waals surface area (Å²) in [6.45, 7) is 6.05.